The Morgan fingerprint density at radius 3 is 2.71 bits per heavy atom. The monoisotopic (exact) mass is 194 g/mol. The van der Waals surface area contributed by atoms with E-state index in [1.54, 1.807) is 0 Å². The number of nitrogens with two attached hydrogens (primary N) is 1. The maximum atomic E-state index is 12.7. The van der Waals surface area contributed by atoms with Gasteiger partial charge in [0.25, 0.3) is 0 Å². The van der Waals surface area contributed by atoms with Crippen LogP contribution in [-0.4, -0.2) is 11.2 Å². The van der Waals surface area contributed by atoms with Crippen molar-refractivity contribution in [1.82, 2.24) is 0 Å². The molecule has 0 heterocycles. The van der Waals surface area contributed by atoms with Crippen molar-refractivity contribution in [3.8, 4) is 6.07 Å². The second kappa shape index (κ2) is 4.18. The molecule has 0 radical (unpaired) electrons. The molecular formula is C10H11FN2O. The lowest BCUT2D eigenvalue weighted by molar-refractivity contribution is 0.164. The van der Waals surface area contributed by atoms with E-state index in [0.29, 0.717) is 5.56 Å². The first-order chi connectivity index (χ1) is 6.56. The summed E-state index contributed by atoms with van der Waals surface area (Å²) in [6, 6.07) is 4.93. The molecule has 1 rings (SSSR count). The lowest BCUT2D eigenvalue weighted by Crippen LogP contribution is -2.24. The van der Waals surface area contributed by atoms with E-state index in [1.165, 1.54) is 19.1 Å². The SMILES string of the molecule is C[C@@H](O)[C@@H](N)c1ccc(F)cc1C#N. The average molecular weight is 194 g/mol. The number of benzene rings is 1. The second-order valence-corrected chi connectivity index (χ2v) is 3.11. The van der Waals surface area contributed by atoms with Gasteiger partial charge in [-0.3, -0.25) is 0 Å². The molecule has 0 saturated heterocycles. The number of hydrogen-bond donors (Lipinski definition) is 2. The Morgan fingerprint density at radius 1 is 1.57 bits per heavy atom. The van der Waals surface area contributed by atoms with E-state index in [0.717, 1.165) is 6.07 Å². The highest BCUT2D eigenvalue weighted by Gasteiger charge is 2.16. The lowest BCUT2D eigenvalue weighted by atomic mass is 9.98. The summed E-state index contributed by atoms with van der Waals surface area (Å²) in [5.74, 6) is -0.483. The molecule has 4 heteroatoms. The minimum absolute atomic E-state index is 0.165. The molecule has 74 valence electrons. The summed E-state index contributed by atoms with van der Waals surface area (Å²) in [7, 11) is 0. The van der Waals surface area contributed by atoms with Gasteiger partial charge in [-0.25, -0.2) is 4.39 Å². The number of aliphatic hydroxyl groups excluding tert-OH is 1. The van der Waals surface area contributed by atoms with E-state index in [4.69, 9.17) is 11.0 Å². The van der Waals surface area contributed by atoms with Crippen LogP contribution >= 0.6 is 0 Å². The van der Waals surface area contributed by atoms with Crippen LogP contribution in [0.2, 0.25) is 0 Å². The number of hydrogen-bond acceptors (Lipinski definition) is 3. The second-order valence-electron chi connectivity index (χ2n) is 3.11. The maximum Gasteiger partial charge on any atom is 0.124 e. The smallest absolute Gasteiger partial charge is 0.124 e. The van der Waals surface area contributed by atoms with Crippen molar-refractivity contribution in [2.24, 2.45) is 5.73 Å². The van der Waals surface area contributed by atoms with Crippen LogP contribution in [0.1, 0.15) is 24.1 Å². The van der Waals surface area contributed by atoms with Crippen LogP contribution in [0, 0.1) is 17.1 Å². The molecule has 14 heavy (non-hydrogen) atoms. The molecule has 0 aliphatic carbocycles. The number of rotatable bonds is 2. The van der Waals surface area contributed by atoms with Gasteiger partial charge in [0.1, 0.15) is 5.82 Å². The number of halogens is 1. The van der Waals surface area contributed by atoms with Gasteiger partial charge in [-0.05, 0) is 24.6 Å². The van der Waals surface area contributed by atoms with Crippen LogP contribution in [0.4, 0.5) is 4.39 Å². The fourth-order valence-corrected chi connectivity index (χ4v) is 1.18. The predicted octanol–water partition coefficient (Wildman–Crippen LogP) is 1.08. The molecule has 0 spiro atoms. The van der Waals surface area contributed by atoms with Crippen LogP contribution in [0.5, 0.6) is 0 Å². The van der Waals surface area contributed by atoms with Gasteiger partial charge in [0.15, 0.2) is 0 Å². The van der Waals surface area contributed by atoms with E-state index in [9.17, 15) is 9.50 Å². The average Bonchev–Trinajstić information content (AvgIpc) is 2.16. The van der Waals surface area contributed by atoms with Crippen molar-refractivity contribution >= 4 is 0 Å². The fraction of sp³-hybridized carbons (Fsp3) is 0.300. The summed E-state index contributed by atoms with van der Waals surface area (Å²) in [6.07, 6.45) is -0.771. The summed E-state index contributed by atoms with van der Waals surface area (Å²) >= 11 is 0. The Kier molecular flexibility index (Phi) is 3.18. The Balaban J connectivity index is 3.16. The van der Waals surface area contributed by atoms with Crippen molar-refractivity contribution < 1.29 is 9.50 Å². The lowest BCUT2D eigenvalue weighted by Gasteiger charge is -2.16. The Labute approximate surface area is 81.6 Å². The molecule has 0 bridgehead atoms. The summed E-state index contributed by atoms with van der Waals surface area (Å²) in [4.78, 5) is 0. The molecule has 1 aromatic carbocycles. The third-order valence-electron chi connectivity index (χ3n) is 2.01. The van der Waals surface area contributed by atoms with Crippen LogP contribution < -0.4 is 5.73 Å². The van der Waals surface area contributed by atoms with Gasteiger partial charge in [-0.15, -0.1) is 0 Å². The molecule has 0 aliphatic rings. The van der Waals surface area contributed by atoms with Gasteiger partial charge in [0.2, 0.25) is 0 Å². The molecule has 0 aliphatic heterocycles. The largest absolute Gasteiger partial charge is 0.391 e. The first-order valence-corrected chi connectivity index (χ1v) is 4.19. The maximum absolute atomic E-state index is 12.7. The standard InChI is InChI=1S/C10H11FN2O/c1-6(14)10(13)9-3-2-8(11)4-7(9)5-12/h2-4,6,10,14H,13H2,1H3/t6-,10-/m1/s1. The van der Waals surface area contributed by atoms with Gasteiger partial charge in [-0.1, -0.05) is 6.07 Å². The van der Waals surface area contributed by atoms with Crippen molar-refractivity contribution in [3.63, 3.8) is 0 Å². The predicted molar refractivity (Wildman–Crippen MR) is 49.7 cm³/mol. The van der Waals surface area contributed by atoms with Crippen molar-refractivity contribution in [3.05, 3.63) is 35.1 Å². The van der Waals surface area contributed by atoms with Crippen LogP contribution in [0.25, 0.3) is 0 Å². The zero-order valence-corrected chi connectivity index (χ0v) is 7.74. The van der Waals surface area contributed by atoms with Crippen molar-refractivity contribution in [2.45, 2.75) is 19.1 Å². The summed E-state index contributed by atoms with van der Waals surface area (Å²) < 4.78 is 12.7. The Morgan fingerprint density at radius 2 is 2.21 bits per heavy atom. The zero-order valence-electron chi connectivity index (χ0n) is 7.74. The first kappa shape index (κ1) is 10.6. The third-order valence-corrected chi connectivity index (χ3v) is 2.01. The van der Waals surface area contributed by atoms with Gasteiger partial charge in [0.05, 0.1) is 23.8 Å². The van der Waals surface area contributed by atoms with Crippen LogP contribution in [-0.2, 0) is 0 Å². The van der Waals surface area contributed by atoms with E-state index in [2.05, 4.69) is 0 Å². The fourth-order valence-electron chi connectivity index (χ4n) is 1.18. The molecule has 3 N–H and O–H groups in total. The van der Waals surface area contributed by atoms with Crippen molar-refractivity contribution in [2.75, 3.05) is 0 Å². The van der Waals surface area contributed by atoms with E-state index < -0.39 is 18.0 Å². The van der Waals surface area contributed by atoms with Crippen LogP contribution in [0.3, 0.4) is 0 Å². The van der Waals surface area contributed by atoms with E-state index in [-0.39, 0.29) is 5.56 Å². The van der Waals surface area contributed by atoms with Gasteiger partial charge < -0.3 is 10.8 Å². The first-order valence-electron chi connectivity index (χ1n) is 4.19. The highest BCUT2D eigenvalue weighted by Crippen LogP contribution is 2.19. The molecule has 0 amide bonds. The molecule has 0 aromatic heterocycles. The van der Waals surface area contributed by atoms with E-state index in [1.807, 2.05) is 6.07 Å². The molecule has 0 fully saturated rings. The van der Waals surface area contributed by atoms with Gasteiger partial charge in [0, 0.05) is 0 Å². The molecular weight excluding hydrogens is 183 g/mol. The van der Waals surface area contributed by atoms with E-state index >= 15 is 0 Å². The minimum atomic E-state index is -0.771. The number of nitriles is 1. The zero-order chi connectivity index (χ0) is 10.7. The van der Waals surface area contributed by atoms with Crippen LogP contribution in [0.15, 0.2) is 18.2 Å². The summed E-state index contributed by atoms with van der Waals surface area (Å²) in [6.45, 7) is 1.52. The molecule has 1 aromatic rings. The highest BCUT2D eigenvalue weighted by atomic mass is 19.1. The molecule has 3 nitrogen and oxygen atoms in total. The Hall–Kier alpha value is -1.44. The number of aliphatic hydroxyl groups is 1. The highest BCUT2D eigenvalue weighted by molar-refractivity contribution is 5.40. The Bertz CT molecular complexity index is 371. The van der Waals surface area contributed by atoms with Gasteiger partial charge >= 0.3 is 0 Å². The summed E-state index contributed by atoms with van der Waals surface area (Å²) in [5, 5.41) is 18.0. The normalized spacial score (nSPS) is 14.5. The topological polar surface area (TPSA) is 70.0 Å². The molecule has 0 unspecified atom stereocenters. The molecule has 2 atom stereocenters. The van der Waals surface area contributed by atoms with Gasteiger partial charge in [-0.2, -0.15) is 5.26 Å². The summed E-state index contributed by atoms with van der Waals surface area (Å²) in [5.41, 5.74) is 6.27. The quantitative estimate of drug-likeness (QED) is 0.740. The minimum Gasteiger partial charge on any atom is -0.391 e. The third kappa shape index (κ3) is 2.08. The van der Waals surface area contributed by atoms with Crippen molar-refractivity contribution in [1.29, 1.82) is 5.26 Å². The number of nitrogens with zero attached hydrogens (tertiary/aromatic N) is 1. The molecule has 0 saturated carbocycles.